The minimum atomic E-state index is 0.233. The molecule has 0 N–H and O–H groups in total. The van der Waals surface area contributed by atoms with Gasteiger partial charge in [0.15, 0.2) is 0 Å². The fourth-order valence-corrected chi connectivity index (χ4v) is 2.94. The molecule has 0 radical (unpaired) electrons. The number of Topliss-reactive ketones (excluding diaryl/α,β-unsaturated/α-hetero) is 1. The van der Waals surface area contributed by atoms with Crippen molar-refractivity contribution in [2.45, 2.75) is 57.6 Å². The highest BCUT2D eigenvalue weighted by atomic mass is 16.5. The van der Waals surface area contributed by atoms with Crippen LogP contribution in [0.2, 0.25) is 0 Å². The third-order valence-corrected chi connectivity index (χ3v) is 3.84. The van der Waals surface area contributed by atoms with E-state index in [0.29, 0.717) is 11.9 Å². The van der Waals surface area contributed by atoms with Crippen LogP contribution < -0.4 is 0 Å². The predicted molar refractivity (Wildman–Crippen MR) is 63.5 cm³/mol. The van der Waals surface area contributed by atoms with Gasteiger partial charge in [-0.2, -0.15) is 0 Å². The molecule has 92 valence electrons. The number of ether oxygens (including phenoxy) is 1. The number of rotatable bonds is 3. The lowest BCUT2D eigenvalue weighted by molar-refractivity contribution is -0.127. The molecule has 2 fully saturated rings. The highest BCUT2D eigenvalue weighted by Crippen LogP contribution is 2.23. The Morgan fingerprint density at radius 1 is 1.25 bits per heavy atom. The fourth-order valence-electron chi connectivity index (χ4n) is 2.94. The molecule has 0 aromatic heterocycles. The second kappa shape index (κ2) is 5.78. The van der Waals surface area contributed by atoms with Crippen LogP contribution in [0, 0.1) is 0 Å². The van der Waals surface area contributed by atoms with Gasteiger partial charge in [-0.3, -0.25) is 9.69 Å². The van der Waals surface area contributed by atoms with E-state index in [2.05, 4.69) is 11.8 Å². The standard InChI is InChI=1S/C13H23NO2/c1-2-16-11-7-9-14(10-8-11)12-5-3-4-6-13(12)15/h11-12H,2-10H2,1H3. The molecule has 1 unspecified atom stereocenters. The lowest BCUT2D eigenvalue weighted by atomic mass is 9.91. The van der Waals surface area contributed by atoms with Crippen molar-refractivity contribution in [3.63, 3.8) is 0 Å². The Kier molecular flexibility index (Phi) is 4.36. The predicted octanol–water partition coefficient (Wildman–Crippen LogP) is 2.00. The minimum Gasteiger partial charge on any atom is -0.378 e. The Morgan fingerprint density at radius 2 is 2.00 bits per heavy atom. The first-order chi connectivity index (χ1) is 7.81. The van der Waals surface area contributed by atoms with Crippen LogP contribution in [0.5, 0.6) is 0 Å². The summed E-state index contributed by atoms with van der Waals surface area (Å²) in [6.45, 7) is 4.95. The zero-order chi connectivity index (χ0) is 11.4. The van der Waals surface area contributed by atoms with Gasteiger partial charge in [-0.25, -0.2) is 0 Å². The number of ketones is 1. The average Bonchev–Trinajstić information content (AvgIpc) is 2.31. The molecule has 16 heavy (non-hydrogen) atoms. The second-order valence-electron chi connectivity index (χ2n) is 4.92. The average molecular weight is 225 g/mol. The molecule has 0 spiro atoms. The van der Waals surface area contributed by atoms with E-state index in [-0.39, 0.29) is 6.04 Å². The normalized spacial score (nSPS) is 29.6. The van der Waals surface area contributed by atoms with Crippen molar-refractivity contribution in [3.8, 4) is 0 Å². The zero-order valence-corrected chi connectivity index (χ0v) is 10.3. The summed E-state index contributed by atoms with van der Waals surface area (Å²) in [6.07, 6.45) is 6.83. The summed E-state index contributed by atoms with van der Waals surface area (Å²) < 4.78 is 5.63. The number of nitrogens with zero attached hydrogens (tertiary/aromatic N) is 1. The Labute approximate surface area is 98.1 Å². The summed E-state index contributed by atoms with van der Waals surface area (Å²) in [5.74, 6) is 0.473. The van der Waals surface area contributed by atoms with Crippen LogP contribution in [0.3, 0.4) is 0 Å². The summed E-state index contributed by atoms with van der Waals surface area (Å²) in [4.78, 5) is 14.2. The van der Waals surface area contributed by atoms with Crippen molar-refractivity contribution in [2.24, 2.45) is 0 Å². The first-order valence-electron chi connectivity index (χ1n) is 6.69. The van der Waals surface area contributed by atoms with E-state index in [9.17, 15) is 4.79 Å². The monoisotopic (exact) mass is 225 g/mol. The number of hydrogen-bond donors (Lipinski definition) is 0. The van der Waals surface area contributed by atoms with Gasteiger partial charge in [-0.05, 0) is 32.6 Å². The number of piperidine rings is 1. The molecule has 1 heterocycles. The molecule has 1 saturated heterocycles. The molecular formula is C13H23NO2. The Morgan fingerprint density at radius 3 is 2.62 bits per heavy atom. The zero-order valence-electron chi connectivity index (χ0n) is 10.3. The maximum atomic E-state index is 11.8. The van der Waals surface area contributed by atoms with Gasteiger partial charge < -0.3 is 4.74 Å². The van der Waals surface area contributed by atoms with E-state index in [1.807, 2.05) is 0 Å². The molecule has 3 nitrogen and oxygen atoms in total. The van der Waals surface area contributed by atoms with E-state index in [0.717, 1.165) is 51.8 Å². The van der Waals surface area contributed by atoms with Crippen LogP contribution in [-0.4, -0.2) is 42.5 Å². The molecule has 0 aromatic carbocycles. The van der Waals surface area contributed by atoms with Gasteiger partial charge in [0.25, 0.3) is 0 Å². The minimum absolute atomic E-state index is 0.233. The van der Waals surface area contributed by atoms with Gasteiger partial charge in [0.1, 0.15) is 5.78 Å². The molecule has 2 aliphatic rings. The molecule has 2 rings (SSSR count). The van der Waals surface area contributed by atoms with Crippen LogP contribution >= 0.6 is 0 Å². The third-order valence-electron chi connectivity index (χ3n) is 3.84. The van der Waals surface area contributed by atoms with Gasteiger partial charge in [0, 0.05) is 26.1 Å². The van der Waals surface area contributed by atoms with Crippen molar-refractivity contribution >= 4 is 5.78 Å². The van der Waals surface area contributed by atoms with Crippen LogP contribution in [-0.2, 0) is 9.53 Å². The van der Waals surface area contributed by atoms with E-state index >= 15 is 0 Å². The van der Waals surface area contributed by atoms with Crippen molar-refractivity contribution in [1.29, 1.82) is 0 Å². The molecular weight excluding hydrogens is 202 g/mol. The smallest absolute Gasteiger partial charge is 0.149 e. The molecule has 3 heteroatoms. The summed E-state index contributed by atoms with van der Waals surface area (Å²) in [5, 5.41) is 0. The first kappa shape index (κ1) is 12.1. The maximum absolute atomic E-state index is 11.8. The van der Waals surface area contributed by atoms with E-state index in [4.69, 9.17) is 4.74 Å². The molecule has 1 aliphatic carbocycles. The van der Waals surface area contributed by atoms with Crippen molar-refractivity contribution in [1.82, 2.24) is 4.90 Å². The molecule has 1 aliphatic heterocycles. The van der Waals surface area contributed by atoms with Gasteiger partial charge in [-0.1, -0.05) is 6.42 Å². The number of likely N-dealkylation sites (tertiary alicyclic amines) is 1. The Hall–Kier alpha value is -0.410. The largest absolute Gasteiger partial charge is 0.378 e. The maximum Gasteiger partial charge on any atom is 0.149 e. The summed E-state index contributed by atoms with van der Waals surface area (Å²) in [6, 6.07) is 0.233. The topological polar surface area (TPSA) is 29.5 Å². The summed E-state index contributed by atoms with van der Waals surface area (Å²) in [7, 11) is 0. The van der Waals surface area contributed by atoms with Crippen molar-refractivity contribution in [2.75, 3.05) is 19.7 Å². The fraction of sp³-hybridized carbons (Fsp3) is 0.923. The quantitative estimate of drug-likeness (QED) is 0.735. The van der Waals surface area contributed by atoms with Crippen LogP contribution in [0.1, 0.15) is 45.4 Å². The molecule has 1 atom stereocenters. The van der Waals surface area contributed by atoms with Crippen LogP contribution in [0.25, 0.3) is 0 Å². The van der Waals surface area contributed by atoms with Gasteiger partial charge in [0.05, 0.1) is 12.1 Å². The second-order valence-corrected chi connectivity index (χ2v) is 4.92. The molecule has 1 saturated carbocycles. The first-order valence-corrected chi connectivity index (χ1v) is 6.69. The lowest BCUT2D eigenvalue weighted by Gasteiger charge is -2.38. The molecule has 0 bridgehead atoms. The van der Waals surface area contributed by atoms with Gasteiger partial charge in [-0.15, -0.1) is 0 Å². The van der Waals surface area contributed by atoms with E-state index in [1.165, 1.54) is 6.42 Å². The van der Waals surface area contributed by atoms with Gasteiger partial charge >= 0.3 is 0 Å². The van der Waals surface area contributed by atoms with Gasteiger partial charge in [0.2, 0.25) is 0 Å². The van der Waals surface area contributed by atoms with E-state index < -0.39 is 0 Å². The summed E-state index contributed by atoms with van der Waals surface area (Å²) in [5.41, 5.74) is 0. The number of carbonyl (C=O) groups is 1. The number of carbonyl (C=O) groups excluding carboxylic acids is 1. The Balaban J connectivity index is 1.81. The Bertz CT molecular complexity index is 234. The molecule has 0 amide bonds. The van der Waals surface area contributed by atoms with Crippen LogP contribution in [0.4, 0.5) is 0 Å². The van der Waals surface area contributed by atoms with Crippen molar-refractivity contribution < 1.29 is 9.53 Å². The molecule has 0 aromatic rings. The highest BCUT2D eigenvalue weighted by molar-refractivity contribution is 5.84. The van der Waals surface area contributed by atoms with E-state index in [1.54, 1.807) is 0 Å². The summed E-state index contributed by atoms with van der Waals surface area (Å²) >= 11 is 0. The van der Waals surface area contributed by atoms with Crippen LogP contribution in [0.15, 0.2) is 0 Å². The third kappa shape index (κ3) is 2.83. The highest BCUT2D eigenvalue weighted by Gasteiger charge is 2.30. The lowest BCUT2D eigenvalue weighted by Crippen LogP contribution is -2.48. The number of hydrogen-bond acceptors (Lipinski definition) is 3. The SMILES string of the molecule is CCOC1CCN(C2CCCCC2=O)CC1. The van der Waals surface area contributed by atoms with Crippen molar-refractivity contribution in [3.05, 3.63) is 0 Å².